The maximum Gasteiger partial charge on any atom is 0.150 e. The number of ether oxygens (including phenoxy) is 3. The number of thiophene rings is 3. The van der Waals surface area contributed by atoms with E-state index in [1.807, 2.05) is 137 Å². The van der Waals surface area contributed by atoms with Gasteiger partial charge in [-0.15, -0.1) is 34.0 Å². The molecule has 16 rings (SSSR count). The monoisotopic (exact) mass is 1510 g/mol. The van der Waals surface area contributed by atoms with Crippen molar-refractivity contribution in [1.82, 2.24) is 34.7 Å². The second-order valence-electron chi connectivity index (χ2n) is 30.2. The number of benzene rings is 6. The van der Waals surface area contributed by atoms with Crippen molar-refractivity contribution in [3.63, 3.8) is 0 Å². The number of para-hydroxylation sites is 9. The van der Waals surface area contributed by atoms with E-state index in [2.05, 4.69) is 160 Å². The van der Waals surface area contributed by atoms with Crippen LogP contribution in [-0.2, 0) is 44.1 Å². The molecule has 3 aromatic heterocycles. The molecule has 15 nitrogen and oxygen atoms in total. The third-order valence-electron chi connectivity index (χ3n) is 22.3. The van der Waals surface area contributed by atoms with Crippen LogP contribution in [0.3, 0.4) is 0 Å². The number of hydrogen-bond acceptors (Lipinski definition) is 18. The largest absolute Gasteiger partial charge is 0.455 e. The van der Waals surface area contributed by atoms with Crippen molar-refractivity contribution in [3.05, 3.63) is 229 Å². The number of anilines is 3. The van der Waals surface area contributed by atoms with Crippen molar-refractivity contribution in [1.29, 1.82) is 0 Å². The summed E-state index contributed by atoms with van der Waals surface area (Å²) in [6, 6.07) is 71.0. The molecule has 4 unspecified atom stereocenters. The number of nitrogens with one attached hydrogen (secondary N) is 1. The smallest absolute Gasteiger partial charge is 0.150 e. The summed E-state index contributed by atoms with van der Waals surface area (Å²) in [7, 11) is 0. The van der Waals surface area contributed by atoms with Gasteiger partial charge in [0.1, 0.15) is 23.5 Å². The normalized spacial score (nSPS) is 20.8. The molecule has 0 aliphatic carbocycles. The zero-order valence-electron chi connectivity index (χ0n) is 64.0. The summed E-state index contributed by atoms with van der Waals surface area (Å²) < 4.78 is 18.6. The van der Waals surface area contributed by atoms with E-state index >= 15 is 0 Å². The zero-order chi connectivity index (χ0) is 73.9. The molecule has 0 amide bonds. The second kappa shape index (κ2) is 41.6. The molecule has 9 aromatic rings. The van der Waals surface area contributed by atoms with Crippen LogP contribution in [0.4, 0.5) is 17.1 Å². The third-order valence-corrected chi connectivity index (χ3v) is 25.5. The summed E-state index contributed by atoms with van der Waals surface area (Å²) in [5, 5.41) is 13.1. The Bertz CT molecular complexity index is 4060. The highest BCUT2D eigenvalue weighted by atomic mass is 32.1. The predicted octanol–water partition coefficient (Wildman–Crippen LogP) is 18.0. The number of piperidine rings is 4. The first-order chi connectivity index (χ1) is 53.2. The van der Waals surface area contributed by atoms with Crippen LogP contribution in [0.5, 0.6) is 34.5 Å². The average Bonchev–Trinajstić information content (AvgIpc) is 0.902. The van der Waals surface area contributed by atoms with E-state index in [1.54, 1.807) is 0 Å². The van der Waals surface area contributed by atoms with Crippen molar-refractivity contribution in [2.24, 2.45) is 0 Å². The minimum Gasteiger partial charge on any atom is -0.455 e. The Kier molecular flexibility index (Phi) is 30.3. The number of nitrogens with zero attached hydrogens (tertiary/aromatic N) is 9. The average molecular weight is 1510 g/mol. The van der Waals surface area contributed by atoms with Crippen LogP contribution in [0.1, 0.15) is 120 Å². The fourth-order valence-electron chi connectivity index (χ4n) is 16.0. The van der Waals surface area contributed by atoms with Crippen LogP contribution in [0, 0.1) is 0 Å². The van der Waals surface area contributed by atoms with Crippen LogP contribution < -0.4 is 34.2 Å². The van der Waals surface area contributed by atoms with Gasteiger partial charge in [-0.1, -0.05) is 117 Å². The first-order valence-corrected chi connectivity index (χ1v) is 42.8. The molecule has 0 radical (unpaired) electrons. The molecule has 0 bridgehead atoms. The van der Waals surface area contributed by atoms with E-state index in [-0.39, 0.29) is 12.6 Å². The van der Waals surface area contributed by atoms with E-state index in [1.165, 1.54) is 118 Å². The fourth-order valence-corrected chi connectivity index (χ4v) is 19.3. The van der Waals surface area contributed by atoms with E-state index in [4.69, 9.17) is 14.2 Å². The van der Waals surface area contributed by atoms with Crippen LogP contribution in [0.25, 0.3) is 0 Å². The molecule has 6 aromatic carbocycles. The van der Waals surface area contributed by atoms with Gasteiger partial charge in [-0.05, 0) is 201 Å². The fraction of sp³-hybridized carbons (Fsp3) is 0.456. The molecule has 0 saturated carbocycles. The lowest BCUT2D eigenvalue weighted by atomic mass is 10.0. The SMILES string of the molecule is CC1CCCCN1.CC1CCCCN1Cc1ccc(CN2CCN(c3ccccc3Oc3ccccc3)CC2)s1.O=CC1CCCCN1Cc1ccc(CN2CCN(c3ccccc3Oc3ccccc3)CC2)s1.OCC1CCCCN1Cc1ccc(CN2CCN(c3ccccc3Oc3ccccc3)CC2)s1. The quantitative estimate of drug-likeness (QED) is 0.0593. The van der Waals surface area contributed by atoms with Crippen LogP contribution in [-0.4, -0.2) is 176 Å². The highest BCUT2D eigenvalue weighted by molar-refractivity contribution is 7.12. The molecule has 0 spiro atoms. The topological polar surface area (TPSA) is 106 Å². The van der Waals surface area contributed by atoms with Gasteiger partial charge in [0.15, 0.2) is 17.2 Å². The molecule has 7 fully saturated rings. The van der Waals surface area contributed by atoms with Crippen molar-refractivity contribution < 1.29 is 24.1 Å². The number of aliphatic hydroxyl groups is 1. The number of rotatable bonds is 23. The number of aliphatic hydroxyl groups excluding tert-OH is 1. The Morgan fingerprint density at radius 1 is 0.361 bits per heavy atom. The molecular weight excluding hydrogens is 1400 g/mol. The maximum atomic E-state index is 11.4. The van der Waals surface area contributed by atoms with Crippen molar-refractivity contribution in [2.75, 3.05) is 126 Å². The Morgan fingerprint density at radius 3 is 1.07 bits per heavy atom. The summed E-state index contributed by atoms with van der Waals surface area (Å²) in [5.41, 5.74) is 3.52. The number of likely N-dealkylation sites (tertiary alicyclic amines) is 3. The van der Waals surface area contributed by atoms with Crippen LogP contribution in [0.2, 0.25) is 0 Å². The molecule has 2 N–H and O–H groups in total. The van der Waals surface area contributed by atoms with Gasteiger partial charge in [0.25, 0.3) is 0 Å². The zero-order valence-corrected chi connectivity index (χ0v) is 66.5. The van der Waals surface area contributed by atoms with Gasteiger partial charge in [0, 0.05) is 165 Å². The standard InChI is InChI=1S/C28H35N3O2S.C28H33N3O2S.C28H35N3OS.C6H13N/c2*32-22-23-8-6-7-15-31(23)21-26-14-13-25(34-26)20-29-16-18-30(19-17-29)27-11-4-5-12-28(27)33-24-9-2-1-3-10-24;1-23-9-7-8-16-31(23)22-26-15-14-25(33-26)21-29-17-19-30(20-18-29)27-12-5-6-13-28(27)32-24-10-3-2-4-11-24;1-6-4-2-3-5-7-6/h1-5,9-14,23,32H,6-8,15-22H2;1-5,9-14,22-23H,6-8,15-21H2;2-6,10-15,23H,7-9,16-22H2,1H3;6-7H,2-5H2,1H3. The molecule has 18 heteroatoms. The second-order valence-corrected chi connectivity index (χ2v) is 33.9. The highest BCUT2D eigenvalue weighted by Crippen LogP contribution is 2.38. The maximum absolute atomic E-state index is 11.4. The number of carbonyl (C=O) groups excluding carboxylic acids is 1. The minimum atomic E-state index is 0.0983. The van der Waals surface area contributed by atoms with Gasteiger partial charge in [0.2, 0.25) is 0 Å². The number of hydrogen-bond donors (Lipinski definition) is 2. The highest BCUT2D eigenvalue weighted by Gasteiger charge is 2.28. The molecule has 4 atom stereocenters. The lowest BCUT2D eigenvalue weighted by molar-refractivity contribution is -0.113. The Balaban J connectivity index is 0.000000136. The van der Waals surface area contributed by atoms with Crippen LogP contribution in [0.15, 0.2) is 200 Å². The summed E-state index contributed by atoms with van der Waals surface area (Å²) in [6.07, 6.45) is 16.4. The lowest BCUT2D eigenvalue weighted by Gasteiger charge is -2.36. The summed E-state index contributed by atoms with van der Waals surface area (Å²) in [4.78, 5) is 42.6. The summed E-state index contributed by atoms with van der Waals surface area (Å²) >= 11 is 5.84. The number of piperazine rings is 3. The first kappa shape index (κ1) is 78.7. The first-order valence-electron chi connectivity index (χ1n) is 40.3. The summed E-state index contributed by atoms with van der Waals surface area (Å²) in [5.74, 6) is 5.39. The molecule has 10 heterocycles. The molecular formula is C90H116N10O5S3. The lowest BCUT2D eigenvalue weighted by Crippen LogP contribution is -2.45. The number of aldehydes is 1. The van der Waals surface area contributed by atoms with Gasteiger partial charge >= 0.3 is 0 Å². The van der Waals surface area contributed by atoms with E-state index in [0.717, 1.165) is 202 Å². The molecule has 574 valence electrons. The van der Waals surface area contributed by atoms with E-state index in [0.29, 0.717) is 6.04 Å². The Morgan fingerprint density at radius 2 is 0.704 bits per heavy atom. The molecule has 7 aliphatic heterocycles. The Hall–Kier alpha value is -7.43. The van der Waals surface area contributed by atoms with Crippen molar-refractivity contribution >= 4 is 57.4 Å². The van der Waals surface area contributed by atoms with Crippen molar-refractivity contribution in [3.8, 4) is 34.5 Å². The third kappa shape index (κ3) is 23.6. The van der Waals surface area contributed by atoms with Gasteiger partial charge < -0.3 is 44.1 Å². The number of carbonyl (C=O) groups is 1. The molecule has 108 heavy (non-hydrogen) atoms. The van der Waals surface area contributed by atoms with Crippen LogP contribution >= 0.6 is 34.0 Å². The van der Waals surface area contributed by atoms with Crippen molar-refractivity contribution in [2.45, 2.75) is 154 Å². The van der Waals surface area contributed by atoms with Gasteiger partial charge in [-0.25, -0.2) is 0 Å². The van der Waals surface area contributed by atoms with E-state index in [9.17, 15) is 9.90 Å². The summed E-state index contributed by atoms with van der Waals surface area (Å²) in [6.45, 7) is 28.0. The Labute approximate surface area is 656 Å². The van der Waals surface area contributed by atoms with E-state index < -0.39 is 0 Å². The molecule has 7 aliphatic rings. The minimum absolute atomic E-state index is 0.0983. The predicted molar refractivity (Wildman–Crippen MR) is 449 cm³/mol. The van der Waals surface area contributed by atoms with Gasteiger partial charge in [-0.3, -0.25) is 29.4 Å². The van der Waals surface area contributed by atoms with Gasteiger partial charge in [-0.2, -0.15) is 0 Å². The van der Waals surface area contributed by atoms with Gasteiger partial charge in [0.05, 0.1) is 29.7 Å². The molecule has 7 saturated heterocycles.